The highest BCUT2D eigenvalue weighted by Crippen LogP contribution is 2.24. The van der Waals surface area contributed by atoms with Crippen molar-refractivity contribution in [2.45, 2.75) is 20.3 Å². The number of nitrogens with zero attached hydrogens (tertiary/aromatic N) is 3. The van der Waals surface area contributed by atoms with Crippen LogP contribution in [0.3, 0.4) is 0 Å². The third-order valence-electron chi connectivity index (χ3n) is 5.16. The first-order valence-electron chi connectivity index (χ1n) is 9.85. The summed E-state index contributed by atoms with van der Waals surface area (Å²) in [4.78, 5) is 29.3. The smallest absolute Gasteiger partial charge is 0.349 e. The Kier molecular flexibility index (Phi) is 5.53. The highest BCUT2D eigenvalue weighted by Gasteiger charge is 2.17. The molecule has 0 radical (unpaired) electrons. The van der Waals surface area contributed by atoms with Crippen LogP contribution in [0.1, 0.15) is 27.3 Å². The topological polar surface area (TPSA) is 99.2 Å². The van der Waals surface area contributed by atoms with E-state index in [4.69, 9.17) is 9.15 Å². The normalized spacial score (nSPS) is 10.9. The molecule has 0 bridgehead atoms. The van der Waals surface area contributed by atoms with Gasteiger partial charge in [0.1, 0.15) is 5.56 Å². The number of pyridine rings is 1. The zero-order chi connectivity index (χ0) is 22.0. The van der Waals surface area contributed by atoms with E-state index in [-0.39, 0.29) is 5.56 Å². The highest BCUT2D eigenvalue weighted by atomic mass is 16.5. The Hall–Kier alpha value is -3.94. The summed E-state index contributed by atoms with van der Waals surface area (Å²) in [7, 11) is 1.50. The van der Waals surface area contributed by atoms with Gasteiger partial charge in [-0.05, 0) is 50.1 Å². The maximum atomic E-state index is 12.6. The van der Waals surface area contributed by atoms with Crippen LogP contribution >= 0.6 is 0 Å². The average molecular weight is 418 g/mol. The molecular formula is C23H22N4O4. The molecule has 0 aliphatic carbocycles. The SMILES string of the molecule is COc1cccc2cc(C(=O)NCCc3c(C)nn(-c4ccccn4)c3C)c(=O)oc12. The van der Waals surface area contributed by atoms with E-state index in [1.165, 1.54) is 13.2 Å². The number of methoxy groups -OCH3 is 1. The van der Waals surface area contributed by atoms with Gasteiger partial charge in [-0.2, -0.15) is 5.10 Å². The van der Waals surface area contributed by atoms with Gasteiger partial charge in [0, 0.05) is 23.8 Å². The fraction of sp³-hybridized carbons (Fsp3) is 0.217. The van der Waals surface area contributed by atoms with Crippen molar-refractivity contribution in [3.05, 3.63) is 81.6 Å². The summed E-state index contributed by atoms with van der Waals surface area (Å²) in [5.41, 5.74) is 2.43. The molecule has 1 N–H and O–H groups in total. The van der Waals surface area contributed by atoms with Gasteiger partial charge >= 0.3 is 5.63 Å². The van der Waals surface area contributed by atoms with Crippen molar-refractivity contribution < 1.29 is 13.9 Å². The lowest BCUT2D eigenvalue weighted by Gasteiger charge is -2.08. The van der Waals surface area contributed by atoms with Crippen LogP contribution in [0, 0.1) is 13.8 Å². The largest absolute Gasteiger partial charge is 0.493 e. The van der Waals surface area contributed by atoms with E-state index in [0.717, 1.165) is 22.8 Å². The van der Waals surface area contributed by atoms with E-state index in [1.807, 2.05) is 32.0 Å². The molecule has 31 heavy (non-hydrogen) atoms. The predicted molar refractivity (Wildman–Crippen MR) is 116 cm³/mol. The van der Waals surface area contributed by atoms with Gasteiger partial charge in [0.25, 0.3) is 5.91 Å². The molecule has 0 spiro atoms. The number of rotatable bonds is 6. The summed E-state index contributed by atoms with van der Waals surface area (Å²) in [6.07, 6.45) is 2.29. The van der Waals surface area contributed by atoms with Crippen molar-refractivity contribution in [1.82, 2.24) is 20.1 Å². The number of amides is 1. The quantitative estimate of drug-likeness (QED) is 0.483. The van der Waals surface area contributed by atoms with E-state index in [0.29, 0.717) is 29.7 Å². The number of para-hydroxylation sites is 1. The Morgan fingerprint density at radius 2 is 2.03 bits per heavy atom. The molecular weight excluding hydrogens is 396 g/mol. The van der Waals surface area contributed by atoms with Crippen LogP contribution in [0.15, 0.2) is 57.9 Å². The van der Waals surface area contributed by atoms with E-state index >= 15 is 0 Å². The summed E-state index contributed by atoms with van der Waals surface area (Å²) < 4.78 is 12.3. The van der Waals surface area contributed by atoms with E-state index in [1.54, 1.807) is 29.1 Å². The van der Waals surface area contributed by atoms with Crippen molar-refractivity contribution >= 4 is 16.9 Å². The van der Waals surface area contributed by atoms with Crippen molar-refractivity contribution in [3.8, 4) is 11.6 Å². The standard InChI is InChI=1S/C23H22N4O4/c1-14-17(15(2)27(26-14)20-9-4-5-11-24-20)10-12-25-22(28)18-13-16-7-6-8-19(30-3)21(16)31-23(18)29/h4-9,11,13H,10,12H2,1-3H3,(H,25,28). The number of ether oxygens (including phenoxy) is 1. The molecule has 8 nitrogen and oxygen atoms in total. The molecule has 4 rings (SSSR count). The molecule has 158 valence electrons. The molecule has 3 heterocycles. The lowest BCUT2D eigenvalue weighted by atomic mass is 10.1. The van der Waals surface area contributed by atoms with Crippen molar-refractivity contribution in [3.63, 3.8) is 0 Å². The highest BCUT2D eigenvalue weighted by molar-refractivity contribution is 5.97. The van der Waals surface area contributed by atoms with Crippen LogP contribution in [-0.4, -0.2) is 34.3 Å². The molecule has 0 fully saturated rings. The maximum absolute atomic E-state index is 12.6. The molecule has 1 amide bonds. The number of hydrogen-bond donors (Lipinski definition) is 1. The lowest BCUT2D eigenvalue weighted by Crippen LogP contribution is -2.30. The molecule has 4 aromatic rings. The lowest BCUT2D eigenvalue weighted by molar-refractivity contribution is 0.0950. The van der Waals surface area contributed by atoms with E-state index in [9.17, 15) is 9.59 Å². The number of nitrogens with one attached hydrogen (secondary N) is 1. The Morgan fingerprint density at radius 1 is 1.19 bits per heavy atom. The number of hydrogen-bond acceptors (Lipinski definition) is 6. The van der Waals surface area contributed by atoms with Crippen molar-refractivity contribution in [2.24, 2.45) is 0 Å². The minimum atomic E-state index is -0.704. The Morgan fingerprint density at radius 3 is 2.77 bits per heavy atom. The van der Waals surface area contributed by atoms with Gasteiger partial charge < -0.3 is 14.5 Å². The molecule has 0 atom stereocenters. The number of carbonyl (C=O) groups is 1. The maximum Gasteiger partial charge on any atom is 0.349 e. The number of fused-ring (bicyclic) bond motifs is 1. The molecule has 1 aromatic carbocycles. The average Bonchev–Trinajstić information content (AvgIpc) is 3.07. The van der Waals surface area contributed by atoms with E-state index in [2.05, 4.69) is 15.4 Å². The van der Waals surface area contributed by atoms with Crippen LogP contribution in [0.5, 0.6) is 5.75 Å². The van der Waals surface area contributed by atoms with Gasteiger partial charge in [0.2, 0.25) is 0 Å². The monoisotopic (exact) mass is 418 g/mol. The first kappa shape index (κ1) is 20.3. The first-order chi connectivity index (χ1) is 15.0. The number of aryl methyl sites for hydroxylation is 1. The Balaban J connectivity index is 1.50. The second kappa shape index (κ2) is 8.43. The van der Waals surface area contributed by atoms with Gasteiger partial charge in [-0.25, -0.2) is 14.5 Å². The molecule has 0 saturated heterocycles. The molecule has 3 aromatic heterocycles. The summed E-state index contributed by atoms with van der Waals surface area (Å²) in [6, 6.07) is 12.4. The van der Waals surface area contributed by atoms with Gasteiger partial charge in [0.05, 0.1) is 12.8 Å². The van der Waals surface area contributed by atoms with Crippen LogP contribution in [0.4, 0.5) is 0 Å². The third-order valence-corrected chi connectivity index (χ3v) is 5.16. The minimum Gasteiger partial charge on any atom is -0.493 e. The van der Waals surface area contributed by atoms with Gasteiger partial charge in [0.15, 0.2) is 17.2 Å². The first-order valence-corrected chi connectivity index (χ1v) is 9.85. The zero-order valence-corrected chi connectivity index (χ0v) is 17.5. The third kappa shape index (κ3) is 3.92. The second-order valence-corrected chi connectivity index (χ2v) is 7.08. The molecule has 0 saturated carbocycles. The van der Waals surface area contributed by atoms with Crippen LogP contribution < -0.4 is 15.7 Å². The Bertz CT molecular complexity index is 1310. The number of aromatic nitrogens is 3. The van der Waals surface area contributed by atoms with Crippen LogP contribution in [0.25, 0.3) is 16.8 Å². The Labute approximate surface area is 178 Å². The second-order valence-electron chi connectivity index (χ2n) is 7.08. The van der Waals surface area contributed by atoms with Crippen molar-refractivity contribution in [1.29, 1.82) is 0 Å². The number of carbonyl (C=O) groups excluding carboxylic acids is 1. The van der Waals surface area contributed by atoms with Crippen LogP contribution in [-0.2, 0) is 6.42 Å². The zero-order valence-electron chi connectivity index (χ0n) is 17.5. The summed E-state index contributed by atoms with van der Waals surface area (Å²) in [5.74, 6) is 0.700. The van der Waals surface area contributed by atoms with Crippen LogP contribution in [0.2, 0.25) is 0 Å². The van der Waals surface area contributed by atoms with Gasteiger partial charge in [-0.15, -0.1) is 0 Å². The molecule has 0 aliphatic rings. The van der Waals surface area contributed by atoms with Crippen molar-refractivity contribution in [2.75, 3.05) is 13.7 Å². The predicted octanol–water partition coefficient (Wildman–Crippen LogP) is 2.97. The summed E-state index contributed by atoms with van der Waals surface area (Å²) in [5, 5.41) is 7.99. The fourth-order valence-corrected chi connectivity index (χ4v) is 3.57. The number of benzene rings is 1. The summed E-state index contributed by atoms with van der Waals surface area (Å²) >= 11 is 0. The minimum absolute atomic E-state index is 0.0432. The van der Waals surface area contributed by atoms with Gasteiger partial charge in [-0.3, -0.25) is 4.79 Å². The fourth-order valence-electron chi connectivity index (χ4n) is 3.57. The van der Waals surface area contributed by atoms with Gasteiger partial charge in [-0.1, -0.05) is 18.2 Å². The molecule has 0 unspecified atom stereocenters. The summed E-state index contributed by atoms with van der Waals surface area (Å²) in [6.45, 7) is 4.25. The molecule has 8 heteroatoms. The molecule has 0 aliphatic heterocycles. The van der Waals surface area contributed by atoms with E-state index < -0.39 is 11.5 Å².